The molecule has 0 bridgehead atoms. The molecule has 1 saturated carbocycles. The third-order valence-corrected chi connectivity index (χ3v) is 3.47. The van der Waals surface area contributed by atoms with E-state index in [1.54, 1.807) is 0 Å². The first-order valence-corrected chi connectivity index (χ1v) is 6.90. The van der Waals surface area contributed by atoms with Gasteiger partial charge in [-0.25, -0.2) is 0 Å². The van der Waals surface area contributed by atoms with Gasteiger partial charge in [-0.05, 0) is 25.3 Å². The van der Waals surface area contributed by atoms with Gasteiger partial charge in [0.1, 0.15) is 0 Å². The number of hydrogen-bond acceptors (Lipinski definition) is 3. The van der Waals surface area contributed by atoms with Crippen LogP contribution in [0.4, 0.5) is 0 Å². The molecule has 1 aromatic carbocycles. The molecular weight excluding hydrogens is 240 g/mol. The third kappa shape index (κ3) is 4.33. The molecule has 2 N–H and O–H groups in total. The van der Waals surface area contributed by atoms with E-state index in [0.717, 1.165) is 18.4 Å². The number of aliphatic hydroxyl groups excluding tert-OH is 1. The van der Waals surface area contributed by atoms with E-state index in [0.29, 0.717) is 19.1 Å². The largest absolute Gasteiger partial charge is 0.395 e. The summed E-state index contributed by atoms with van der Waals surface area (Å²) in [6.07, 6.45) is 2.19. The second-order valence-electron chi connectivity index (χ2n) is 5.14. The highest BCUT2D eigenvalue weighted by Crippen LogP contribution is 2.19. The molecule has 19 heavy (non-hydrogen) atoms. The lowest BCUT2D eigenvalue weighted by atomic mass is 10.1. The van der Waals surface area contributed by atoms with Crippen LogP contribution >= 0.6 is 0 Å². The lowest BCUT2D eigenvalue weighted by Crippen LogP contribution is -2.46. The Morgan fingerprint density at radius 2 is 2.11 bits per heavy atom. The van der Waals surface area contributed by atoms with E-state index in [1.165, 1.54) is 0 Å². The van der Waals surface area contributed by atoms with Gasteiger partial charge >= 0.3 is 0 Å². The molecule has 1 aliphatic carbocycles. The topological polar surface area (TPSA) is 52.6 Å². The van der Waals surface area contributed by atoms with Gasteiger partial charge in [0.15, 0.2) is 0 Å². The average Bonchev–Trinajstić information content (AvgIpc) is 3.22. The Hall–Kier alpha value is -1.39. The first kappa shape index (κ1) is 14.0. The zero-order valence-corrected chi connectivity index (χ0v) is 11.4. The second-order valence-corrected chi connectivity index (χ2v) is 5.14. The molecule has 0 aliphatic heterocycles. The van der Waals surface area contributed by atoms with Crippen LogP contribution in [0.15, 0.2) is 30.3 Å². The van der Waals surface area contributed by atoms with Crippen molar-refractivity contribution >= 4 is 5.91 Å². The van der Waals surface area contributed by atoms with Crippen molar-refractivity contribution in [2.45, 2.75) is 38.4 Å². The van der Waals surface area contributed by atoms with Crippen LogP contribution in [0, 0.1) is 0 Å². The molecule has 1 atom stereocenters. The summed E-state index contributed by atoms with van der Waals surface area (Å²) in [6.45, 7) is 3.15. The van der Waals surface area contributed by atoms with Gasteiger partial charge in [0.25, 0.3) is 0 Å². The Labute approximate surface area is 114 Å². The SMILES string of the molecule is CC(C(=O)NC1CC1)N(CCO)Cc1ccccc1. The molecule has 1 amide bonds. The summed E-state index contributed by atoms with van der Waals surface area (Å²) in [4.78, 5) is 14.1. The Bertz CT molecular complexity index is 404. The number of benzene rings is 1. The molecule has 0 spiro atoms. The Morgan fingerprint density at radius 3 is 2.68 bits per heavy atom. The van der Waals surface area contributed by atoms with Gasteiger partial charge in [0.05, 0.1) is 12.6 Å². The van der Waals surface area contributed by atoms with Gasteiger partial charge in [-0.2, -0.15) is 0 Å². The van der Waals surface area contributed by atoms with Gasteiger partial charge in [-0.1, -0.05) is 30.3 Å². The Kier molecular flexibility index (Phi) is 4.93. The highest BCUT2D eigenvalue weighted by Gasteiger charge is 2.28. The van der Waals surface area contributed by atoms with Crippen molar-refractivity contribution < 1.29 is 9.90 Å². The average molecular weight is 262 g/mol. The molecule has 1 aliphatic rings. The van der Waals surface area contributed by atoms with Crippen LogP contribution in [-0.4, -0.2) is 41.1 Å². The van der Waals surface area contributed by atoms with Crippen molar-refractivity contribution in [3.63, 3.8) is 0 Å². The molecule has 0 saturated heterocycles. The number of carbonyl (C=O) groups excluding carboxylic acids is 1. The molecular formula is C15H22N2O2. The number of nitrogens with one attached hydrogen (secondary N) is 1. The standard InChI is InChI=1S/C15H22N2O2/c1-12(15(19)16-14-7-8-14)17(9-10-18)11-13-5-3-2-4-6-13/h2-6,12,14,18H,7-11H2,1H3,(H,16,19). The quantitative estimate of drug-likeness (QED) is 0.775. The van der Waals surface area contributed by atoms with Crippen LogP contribution in [0.3, 0.4) is 0 Å². The fourth-order valence-corrected chi connectivity index (χ4v) is 2.07. The number of aliphatic hydroxyl groups is 1. The lowest BCUT2D eigenvalue weighted by molar-refractivity contribution is -0.126. The van der Waals surface area contributed by atoms with Crippen molar-refractivity contribution in [2.75, 3.05) is 13.2 Å². The van der Waals surface area contributed by atoms with E-state index >= 15 is 0 Å². The van der Waals surface area contributed by atoms with Gasteiger partial charge < -0.3 is 10.4 Å². The predicted octanol–water partition coefficient (Wildman–Crippen LogP) is 1.15. The third-order valence-electron chi connectivity index (χ3n) is 3.47. The van der Waals surface area contributed by atoms with Gasteiger partial charge in [0.2, 0.25) is 5.91 Å². The molecule has 104 valence electrons. The van der Waals surface area contributed by atoms with Crippen LogP contribution in [0.2, 0.25) is 0 Å². The Balaban J connectivity index is 1.95. The zero-order chi connectivity index (χ0) is 13.7. The fourth-order valence-electron chi connectivity index (χ4n) is 2.07. The lowest BCUT2D eigenvalue weighted by Gasteiger charge is -2.27. The highest BCUT2D eigenvalue weighted by molar-refractivity contribution is 5.81. The molecule has 2 rings (SSSR count). The summed E-state index contributed by atoms with van der Waals surface area (Å²) in [7, 11) is 0. The van der Waals surface area contributed by atoms with E-state index in [2.05, 4.69) is 5.32 Å². The summed E-state index contributed by atoms with van der Waals surface area (Å²) >= 11 is 0. The summed E-state index contributed by atoms with van der Waals surface area (Å²) in [6, 6.07) is 10.2. The monoisotopic (exact) mass is 262 g/mol. The first-order valence-electron chi connectivity index (χ1n) is 6.90. The molecule has 4 heteroatoms. The number of rotatable bonds is 7. The minimum atomic E-state index is -0.215. The maximum atomic E-state index is 12.1. The van der Waals surface area contributed by atoms with Gasteiger partial charge in [-0.15, -0.1) is 0 Å². The van der Waals surface area contributed by atoms with Crippen molar-refractivity contribution in [1.82, 2.24) is 10.2 Å². The predicted molar refractivity (Wildman–Crippen MR) is 74.6 cm³/mol. The van der Waals surface area contributed by atoms with E-state index in [-0.39, 0.29) is 18.6 Å². The number of nitrogens with zero attached hydrogens (tertiary/aromatic N) is 1. The molecule has 1 unspecified atom stereocenters. The van der Waals surface area contributed by atoms with Crippen LogP contribution in [-0.2, 0) is 11.3 Å². The summed E-state index contributed by atoms with van der Waals surface area (Å²) in [5, 5.41) is 12.2. The van der Waals surface area contributed by atoms with E-state index in [4.69, 9.17) is 5.11 Å². The van der Waals surface area contributed by atoms with Crippen LogP contribution in [0.1, 0.15) is 25.3 Å². The van der Waals surface area contributed by atoms with Gasteiger partial charge in [0, 0.05) is 19.1 Å². The van der Waals surface area contributed by atoms with Crippen molar-refractivity contribution in [3.8, 4) is 0 Å². The molecule has 0 radical (unpaired) electrons. The molecule has 4 nitrogen and oxygen atoms in total. The number of amides is 1. The minimum Gasteiger partial charge on any atom is -0.395 e. The molecule has 0 heterocycles. The van der Waals surface area contributed by atoms with Crippen LogP contribution in [0.5, 0.6) is 0 Å². The maximum Gasteiger partial charge on any atom is 0.237 e. The van der Waals surface area contributed by atoms with Crippen LogP contribution < -0.4 is 5.32 Å². The summed E-state index contributed by atoms with van der Waals surface area (Å²) in [5.74, 6) is 0.0619. The van der Waals surface area contributed by atoms with E-state index < -0.39 is 0 Å². The highest BCUT2D eigenvalue weighted by atomic mass is 16.3. The molecule has 1 fully saturated rings. The smallest absolute Gasteiger partial charge is 0.237 e. The van der Waals surface area contributed by atoms with E-state index in [1.807, 2.05) is 42.2 Å². The minimum absolute atomic E-state index is 0.0619. The number of carbonyl (C=O) groups is 1. The van der Waals surface area contributed by atoms with E-state index in [9.17, 15) is 4.79 Å². The first-order chi connectivity index (χ1) is 9.20. The maximum absolute atomic E-state index is 12.1. The fraction of sp³-hybridized carbons (Fsp3) is 0.533. The van der Waals surface area contributed by atoms with Crippen molar-refractivity contribution in [3.05, 3.63) is 35.9 Å². The number of hydrogen-bond donors (Lipinski definition) is 2. The summed E-state index contributed by atoms with van der Waals surface area (Å²) in [5.41, 5.74) is 1.15. The van der Waals surface area contributed by atoms with Crippen molar-refractivity contribution in [2.24, 2.45) is 0 Å². The van der Waals surface area contributed by atoms with Gasteiger partial charge in [-0.3, -0.25) is 9.69 Å². The van der Waals surface area contributed by atoms with Crippen molar-refractivity contribution in [1.29, 1.82) is 0 Å². The molecule has 1 aromatic rings. The second kappa shape index (κ2) is 6.68. The zero-order valence-electron chi connectivity index (χ0n) is 11.4. The Morgan fingerprint density at radius 1 is 1.42 bits per heavy atom. The van der Waals surface area contributed by atoms with Crippen LogP contribution in [0.25, 0.3) is 0 Å². The summed E-state index contributed by atoms with van der Waals surface area (Å²) < 4.78 is 0. The normalized spacial score (nSPS) is 16.4. The molecule has 0 aromatic heterocycles.